The quantitative estimate of drug-likeness (QED) is 0.346. The number of carbonyl (C=O) groups is 1. The standard InChI is InChI=1S/C25H29FN6O3/c1-17(33)28-24(34)20-7-2-3-8-22(20)30-23-21(26)16-27-25(31-23)29-19-6-4-5-18(15-19)9-10-32-11-13-35-14-12-32/h2-8,15-17,33H,9-14H2,1H3,(H,28,34)(H2,27,29,30,31). The van der Waals surface area contributed by atoms with Crippen LogP contribution in [0.25, 0.3) is 0 Å². The van der Waals surface area contributed by atoms with Gasteiger partial charge in [0.05, 0.1) is 30.7 Å². The number of aliphatic hydroxyl groups is 1. The largest absolute Gasteiger partial charge is 0.379 e. The van der Waals surface area contributed by atoms with Crippen molar-refractivity contribution < 1.29 is 19.0 Å². The number of amides is 1. The number of halogens is 1. The molecule has 4 N–H and O–H groups in total. The number of aromatic nitrogens is 2. The van der Waals surface area contributed by atoms with E-state index in [1.165, 1.54) is 12.5 Å². The van der Waals surface area contributed by atoms with E-state index in [-0.39, 0.29) is 17.3 Å². The van der Waals surface area contributed by atoms with Crippen LogP contribution in [0.1, 0.15) is 22.8 Å². The molecule has 1 atom stereocenters. The van der Waals surface area contributed by atoms with Crippen molar-refractivity contribution in [1.82, 2.24) is 20.2 Å². The van der Waals surface area contributed by atoms with Crippen LogP contribution in [0.5, 0.6) is 0 Å². The number of morpholine rings is 1. The number of rotatable bonds is 9. The maximum atomic E-state index is 14.5. The van der Waals surface area contributed by atoms with Gasteiger partial charge in [0.25, 0.3) is 5.91 Å². The maximum Gasteiger partial charge on any atom is 0.255 e. The lowest BCUT2D eigenvalue weighted by Crippen LogP contribution is -2.37. The molecule has 35 heavy (non-hydrogen) atoms. The van der Waals surface area contributed by atoms with Crippen LogP contribution in [-0.2, 0) is 11.2 Å². The summed E-state index contributed by atoms with van der Waals surface area (Å²) in [6.07, 6.45) is 0.947. The van der Waals surface area contributed by atoms with E-state index in [1.54, 1.807) is 24.3 Å². The van der Waals surface area contributed by atoms with Crippen LogP contribution < -0.4 is 16.0 Å². The lowest BCUT2D eigenvalue weighted by atomic mass is 10.1. The first-order chi connectivity index (χ1) is 17.0. The minimum atomic E-state index is -1.02. The van der Waals surface area contributed by atoms with Gasteiger partial charge in [-0.2, -0.15) is 4.98 Å². The summed E-state index contributed by atoms with van der Waals surface area (Å²) in [4.78, 5) is 23.1. The molecule has 1 amide bonds. The smallest absolute Gasteiger partial charge is 0.255 e. The molecule has 1 saturated heterocycles. The van der Waals surface area contributed by atoms with E-state index in [0.717, 1.165) is 51.2 Å². The summed E-state index contributed by atoms with van der Waals surface area (Å²) in [7, 11) is 0. The molecule has 0 aliphatic carbocycles. The number of carbonyl (C=O) groups excluding carboxylic acids is 1. The molecule has 184 valence electrons. The Kier molecular flexibility index (Phi) is 8.19. The minimum Gasteiger partial charge on any atom is -0.379 e. The maximum absolute atomic E-state index is 14.5. The van der Waals surface area contributed by atoms with Gasteiger partial charge in [0.1, 0.15) is 6.23 Å². The molecular formula is C25H29FN6O3. The van der Waals surface area contributed by atoms with Crippen molar-refractivity contribution in [2.75, 3.05) is 43.5 Å². The zero-order valence-corrected chi connectivity index (χ0v) is 19.5. The van der Waals surface area contributed by atoms with Gasteiger partial charge in [-0.1, -0.05) is 24.3 Å². The first kappa shape index (κ1) is 24.5. The van der Waals surface area contributed by atoms with E-state index in [9.17, 15) is 14.3 Å². The fourth-order valence-corrected chi connectivity index (χ4v) is 3.75. The number of nitrogens with one attached hydrogen (secondary N) is 3. The molecule has 1 aliphatic heterocycles. The highest BCUT2D eigenvalue weighted by Gasteiger charge is 2.15. The molecule has 1 aliphatic rings. The zero-order valence-electron chi connectivity index (χ0n) is 19.5. The van der Waals surface area contributed by atoms with E-state index in [2.05, 4.69) is 36.9 Å². The molecule has 1 fully saturated rings. The van der Waals surface area contributed by atoms with Crippen LogP contribution in [0.4, 0.5) is 27.5 Å². The average molecular weight is 481 g/mol. The molecule has 2 heterocycles. The van der Waals surface area contributed by atoms with Crippen molar-refractivity contribution >= 4 is 29.0 Å². The Balaban J connectivity index is 1.45. The molecule has 0 spiro atoms. The summed E-state index contributed by atoms with van der Waals surface area (Å²) in [5.74, 6) is -1.03. The van der Waals surface area contributed by atoms with Crippen molar-refractivity contribution in [2.45, 2.75) is 19.6 Å². The van der Waals surface area contributed by atoms with Crippen LogP contribution in [0.3, 0.4) is 0 Å². The summed E-state index contributed by atoms with van der Waals surface area (Å²) in [6.45, 7) is 5.83. The van der Waals surface area contributed by atoms with Crippen LogP contribution in [-0.4, -0.2) is 65.0 Å². The first-order valence-corrected chi connectivity index (χ1v) is 11.5. The van der Waals surface area contributed by atoms with Crippen molar-refractivity contribution in [3.05, 3.63) is 71.7 Å². The number of anilines is 4. The van der Waals surface area contributed by atoms with Crippen molar-refractivity contribution in [2.24, 2.45) is 0 Å². The van der Waals surface area contributed by atoms with Gasteiger partial charge in [0.2, 0.25) is 5.95 Å². The second-order valence-corrected chi connectivity index (χ2v) is 8.24. The zero-order chi connectivity index (χ0) is 24.6. The lowest BCUT2D eigenvalue weighted by molar-refractivity contribution is 0.0384. The molecule has 3 aromatic rings. The van der Waals surface area contributed by atoms with Gasteiger partial charge in [-0.25, -0.2) is 9.37 Å². The fraction of sp³-hybridized carbons (Fsp3) is 0.320. The fourth-order valence-electron chi connectivity index (χ4n) is 3.75. The summed E-state index contributed by atoms with van der Waals surface area (Å²) in [6, 6.07) is 14.5. The van der Waals surface area contributed by atoms with E-state index in [0.29, 0.717) is 5.69 Å². The van der Waals surface area contributed by atoms with E-state index >= 15 is 0 Å². The molecule has 9 nitrogen and oxygen atoms in total. The normalized spacial score (nSPS) is 14.8. The molecule has 0 bridgehead atoms. The third-order valence-corrected chi connectivity index (χ3v) is 5.51. The van der Waals surface area contributed by atoms with Gasteiger partial charge in [0, 0.05) is 25.3 Å². The third kappa shape index (κ3) is 6.95. The topological polar surface area (TPSA) is 112 Å². The van der Waals surface area contributed by atoms with E-state index in [4.69, 9.17) is 4.74 Å². The van der Waals surface area contributed by atoms with Crippen LogP contribution in [0, 0.1) is 5.82 Å². The predicted octanol–water partition coefficient (Wildman–Crippen LogP) is 3.05. The average Bonchev–Trinajstić information content (AvgIpc) is 2.85. The Bertz CT molecular complexity index is 1150. The molecule has 0 radical (unpaired) electrons. The Morgan fingerprint density at radius 2 is 1.97 bits per heavy atom. The Morgan fingerprint density at radius 1 is 1.17 bits per heavy atom. The van der Waals surface area contributed by atoms with Crippen molar-refractivity contribution in [1.29, 1.82) is 0 Å². The van der Waals surface area contributed by atoms with E-state index in [1.807, 2.05) is 18.2 Å². The van der Waals surface area contributed by atoms with Crippen molar-refractivity contribution in [3.8, 4) is 0 Å². The van der Waals surface area contributed by atoms with Gasteiger partial charge in [-0.3, -0.25) is 9.69 Å². The van der Waals surface area contributed by atoms with Gasteiger partial charge in [0.15, 0.2) is 11.6 Å². The number of ether oxygens (including phenoxy) is 1. The SMILES string of the molecule is CC(O)NC(=O)c1ccccc1Nc1nc(Nc2cccc(CCN3CCOCC3)c2)ncc1F. The molecule has 1 unspecified atom stereocenters. The number of nitrogens with zero attached hydrogens (tertiary/aromatic N) is 3. The Morgan fingerprint density at radius 3 is 2.77 bits per heavy atom. The summed E-state index contributed by atoms with van der Waals surface area (Å²) in [5.41, 5.74) is 2.55. The molecule has 10 heteroatoms. The molecule has 2 aromatic carbocycles. The van der Waals surface area contributed by atoms with Gasteiger partial charge in [-0.15, -0.1) is 0 Å². The second kappa shape index (κ2) is 11.7. The monoisotopic (exact) mass is 480 g/mol. The summed E-state index contributed by atoms with van der Waals surface area (Å²) < 4.78 is 19.9. The molecular weight excluding hydrogens is 451 g/mol. The summed E-state index contributed by atoms with van der Waals surface area (Å²) in [5, 5.41) is 17.9. The Labute approximate surface area is 203 Å². The molecule has 1 aromatic heterocycles. The number of hydrogen-bond acceptors (Lipinski definition) is 8. The number of para-hydroxylation sites is 1. The second-order valence-electron chi connectivity index (χ2n) is 8.24. The molecule has 0 saturated carbocycles. The predicted molar refractivity (Wildman–Crippen MR) is 132 cm³/mol. The highest BCUT2D eigenvalue weighted by atomic mass is 19.1. The highest BCUT2D eigenvalue weighted by Crippen LogP contribution is 2.24. The first-order valence-electron chi connectivity index (χ1n) is 11.5. The van der Waals surface area contributed by atoms with Crippen LogP contribution in [0.15, 0.2) is 54.7 Å². The highest BCUT2D eigenvalue weighted by molar-refractivity contribution is 6.00. The third-order valence-electron chi connectivity index (χ3n) is 5.51. The lowest BCUT2D eigenvalue weighted by Gasteiger charge is -2.26. The summed E-state index contributed by atoms with van der Waals surface area (Å²) >= 11 is 0. The number of hydrogen-bond donors (Lipinski definition) is 4. The van der Waals surface area contributed by atoms with Gasteiger partial charge >= 0.3 is 0 Å². The van der Waals surface area contributed by atoms with E-state index < -0.39 is 18.0 Å². The number of aliphatic hydroxyl groups excluding tert-OH is 1. The van der Waals surface area contributed by atoms with Gasteiger partial charge in [-0.05, 0) is 43.2 Å². The number of benzene rings is 2. The Hall–Kier alpha value is -3.60. The minimum absolute atomic E-state index is 0.0803. The van der Waals surface area contributed by atoms with Gasteiger partial charge < -0.3 is 25.8 Å². The van der Waals surface area contributed by atoms with Crippen molar-refractivity contribution in [3.63, 3.8) is 0 Å². The molecule has 4 rings (SSSR count). The van der Waals surface area contributed by atoms with Crippen LogP contribution >= 0.6 is 0 Å². The van der Waals surface area contributed by atoms with Crippen LogP contribution in [0.2, 0.25) is 0 Å².